The zero-order valence-corrected chi connectivity index (χ0v) is 25.0. The zero-order chi connectivity index (χ0) is 27.8. The molecule has 3 aromatic rings. The van der Waals surface area contributed by atoms with E-state index < -0.39 is 8.32 Å². The van der Waals surface area contributed by atoms with E-state index in [-0.39, 0.29) is 23.7 Å². The van der Waals surface area contributed by atoms with E-state index in [4.69, 9.17) is 9.16 Å². The van der Waals surface area contributed by atoms with Gasteiger partial charge in [-0.15, -0.1) is 0 Å². The van der Waals surface area contributed by atoms with Crippen LogP contribution in [-0.2, 0) is 17.6 Å². The monoisotopic (exact) mass is 546 g/mol. The lowest BCUT2D eigenvalue weighted by Crippen LogP contribution is -2.66. The van der Waals surface area contributed by atoms with Gasteiger partial charge in [0.25, 0.3) is 8.32 Å². The molecule has 1 aliphatic rings. The van der Waals surface area contributed by atoms with E-state index in [9.17, 15) is 10.2 Å². The average molecular weight is 547 g/mol. The summed E-state index contributed by atoms with van der Waals surface area (Å²) in [5.41, 5.74) is 1.74. The van der Waals surface area contributed by atoms with E-state index in [1.165, 1.54) is 42.5 Å². The lowest BCUT2D eigenvalue weighted by Gasteiger charge is -2.44. The molecule has 0 radical (unpaired) electrons. The molecule has 0 amide bonds. The molecule has 5 heteroatoms. The van der Waals surface area contributed by atoms with Gasteiger partial charge < -0.3 is 19.4 Å². The van der Waals surface area contributed by atoms with Crippen LogP contribution in [0.3, 0.4) is 0 Å². The molecule has 0 bridgehead atoms. The topological polar surface area (TPSA) is 58.9 Å². The Hall–Kier alpha value is -2.44. The number of hydrogen-bond acceptors (Lipinski definition) is 4. The van der Waals surface area contributed by atoms with Crippen molar-refractivity contribution in [1.29, 1.82) is 0 Å². The fourth-order valence-electron chi connectivity index (χ4n) is 6.49. The third-order valence-corrected chi connectivity index (χ3v) is 13.6. The molecular formula is C34H46O4Si. The van der Waals surface area contributed by atoms with Gasteiger partial charge in [-0.1, -0.05) is 107 Å². The van der Waals surface area contributed by atoms with Crippen LogP contribution in [0.2, 0.25) is 5.04 Å². The minimum absolute atomic E-state index is 0.0271. The first-order valence-electron chi connectivity index (χ1n) is 14.5. The largest absolute Gasteiger partial charge is 0.494 e. The molecule has 0 spiro atoms. The normalized spacial score (nSPS) is 15.7. The van der Waals surface area contributed by atoms with Crippen LogP contribution in [0.25, 0.3) is 0 Å². The summed E-state index contributed by atoms with van der Waals surface area (Å²) >= 11 is 0. The minimum atomic E-state index is -2.55. The molecule has 1 aliphatic carbocycles. The van der Waals surface area contributed by atoms with Gasteiger partial charge >= 0.3 is 0 Å². The molecule has 39 heavy (non-hydrogen) atoms. The van der Waals surface area contributed by atoms with Gasteiger partial charge in [0, 0.05) is 6.61 Å². The number of ether oxygens (including phenoxy) is 1. The van der Waals surface area contributed by atoms with Crippen LogP contribution in [0.15, 0.2) is 78.9 Å². The highest BCUT2D eigenvalue weighted by atomic mass is 28.4. The van der Waals surface area contributed by atoms with Crippen molar-refractivity contribution >= 4 is 18.7 Å². The summed E-state index contributed by atoms with van der Waals surface area (Å²) < 4.78 is 13.5. The van der Waals surface area contributed by atoms with E-state index in [1.54, 1.807) is 0 Å². The van der Waals surface area contributed by atoms with Crippen molar-refractivity contribution in [3.05, 3.63) is 90.0 Å². The van der Waals surface area contributed by atoms with Gasteiger partial charge in [0.2, 0.25) is 0 Å². The fraction of sp³-hybridized carbons (Fsp3) is 0.471. The summed E-state index contributed by atoms with van der Waals surface area (Å²) in [5, 5.41) is 21.8. The fourth-order valence-corrected chi connectivity index (χ4v) is 11.1. The molecule has 1 fully saturated rings. The first kappa shape index (κ1) is 29.5. The number of rotatable bonds is 12. The van der Waals surface area contributed by atoms with Gasteiger partial charge in [-0.25, -0.2) is 0 Å². The van der Waals surface area contributed by atoms with Crippen molar-refractivity contribution in [1.82, 2.24) is 0 Å². The summed E-state index contributed by atoms with van der Waals surface area (Å²) in [7, 11) is -2.55. The van der Waals surface area contributed by atoms with Crippen LogP contribution in [0, 0.1) is 5.41 Å². The van der Waals surface area contributed by atoms with Crippen LogP contribution in [0.5, 0.6) is 5.75 Å². The number of aliphatic hydroxyl groups excluding tert-OH is 2. The molecule has 2 N–H and O–H groups in total. The van der Waals surface area contributed by atoms with Gasteiger partial charge in [0.05, 0.1) is 19.8 Å². The first-order chi connectivity index (χ1) is 18.8. The second-order valence-corrected chi connectivity index (χ2v) is 16.5. The Bertz CT molecular complexity index is 1090. The number of benzene rings is 3. The Labute approximate surface area is 236 Å². The molecule has 4 nitrogen and oxygen atoms in total. The molecule has 1 saturated carbocycles. The standard InChI is InChI=1S/C34H46O4Si/c1-33(2,3)39(31-13-7-4-8-14-31,32-15-9-5-10-16-32)38-22-20-34(17-11-6-12-18-34)19-21-37-30-24-28(26-35)23-29(25-30)27-36/h4-5,7-10,13-16,23-25,35-36H,6,11-12,17-22,26-27H2,1-3H3. The second kappa shape index (κ2) is 13.3. The maximum Gasteiger partial charge on any atom is 0.261 e. The van der Waals surface area contributed by atoms with Crippen LogP contribution in [0.1, 0.15) is 76.8 Å². The van der Waals surface area contributed by atoms with E-state index in [1.807, 2.05) is 18.2 Å². The lowest BCUT2D eigenvalue weighted by atomic mass is 9.70. The molecule has 4 rings (SSSR count). The molecule has 0 heterocycles. The van der Waals surface area contributed by atoms with E-state index in [0.717, 1.165) is 36.3 Å². The van der Waals surface area contributed by atoms with Crippen LogP contribution in [-0.4, -0.2) is 31.7 Å². The molecule has 210 valence electrons. The van der Waals surface area contributed by atoms with E-state index in [0.29, 0.717) is 6.61 Å². The molecule has 0 saturated heterocycles. The highest BCUT2D eigenvalue weighted by Gasteiger charge is 2.50. The number of hydrogen-bond donors (Lipinski definition) is 2. The van der Waals surface area contributed by atoms with E-state index in [2.05, 4.69) is 81.4 Å². The summed E-state index contributed by atoms with van der Waals surface area (Å²) in [4.78, 5) is 0. The predicted octanol–water partition coefficient (Wildman–Crippen LogP) is 6.36. The van der Waals surface area contributed by atoms with Crippen molar-refractivity contribution in [2.24, 2.45) is 5.41 Å². The molecule has 3 aromatic carbocycles. The quantitative estimate of drug-likeness (QED) is 0.260. The highest BCUT2D eigenvalue weighted by molar-refractivity contribution is 6.99. The Kier molecular flexibility index (Phi) is 10.1. The Balaban J connectivity index is 1.52. The smallest absolute Gasteiger partial charge is 0.261 e. The maximum absolute atomic E-state index is 9.59. The molecule has 0 atom stereocenters. The first-order valence-corrected chi connectivity index (χ1v) is 16.5. The van der Waals surface area contributed by atoms with Crippen LogP contribution >= 0.6 is 0 Å². The summed E-state index contributed by atoms with van der Waals surface area (Å²) in [6.07, 6.45) is 8.24. The second-order valence-electron chi connectivity index (χ2n) is 12.2. The van der Waals surface area contributed by atoms with Crippen molar-refractivity contribution in [3.8, 4) is 5.75 Å². The molecular weight excluding hydrogens is 500 g/mol. The van der Waals surface area contributed by atoms with E-state index >= 15 is 0 Å². The van der Waals surface area contributed by atoms with Gasteiger partial charge in [-0.05, 0) is 69.8 Å². The Morgan fingerprint density at radius 1 is 0.718 bits per heavy atom. The predicted molar refractivity (Wildman–Crippen MR) is 162 cm³/mol. The van der Waals surface area contributed by atoms with Crippen molar-refractivity contribution < 1.29 is 19.4 Å². The maximum atomic E-state index is 9.59. The van der Waals surface area contributed by atoms with Crippen LogP contribution in [0.4, 0.5) is 0 Å². The third kappa shape index (κ3) is 7.01. The Morgan fingerprint density at radius 2 is 1.23 bits per heavy atom. The van der Waals surface area contributed by atoms with Gasteiger partial charge in [0.15, 0.2) is 0 Å². The van der Waals surface area contributed by atoms with Crippen molar-refractivity contribution in [3.63, 3.8) is 0 Å². The highest BCUT2D eigenvalue weighted by Crippen LogP contribution is 2.44. The van der Waals surface area contributed by atoms with Gasteiger partial charge in [-0.3, -0.25) is 0 Å². The average Bonchev–Trinajstić information content (AvgIpc) is 2.96. The van der Waals surface area contributed by atoms with Crippen molar-refractivity contribution in [2.45, 2.75) is 84.0 Å². The van der Waals surface area contributed by atoms with Crippen molar-refractivity contribution in [2.75, 3.05) is 13.2 Å². The number of aliphatic hydroxyl groups is 2. The molecule has 0 aromatic heterocycles. The minimum Gasteiger partial charge on any atom is -0.494 e. The summed E-state index contributed by atoms with van der Waals surface area (Å²) in [6.45, 7) is 8.25. The zero-order valence-electron chi connectivity index (χ0n) is 24.0. The SMILES string of the molecule is CC(C)(C)[Si](OCCC1(CCOc2cc(CO)cc(CO)c2)CCCCC1)(c1ccccc1)c1ccccc1. The molecule has 0 unspecified atom stereocenters. The van der Waals surface area contributed by atoms with Crippen LogP contribution < -0.4 is 15.1 Å². The molecule has 0 aliphatic heterocycles. The third-order valence-electron chi connectivity index (χ3n) is 8.57. The lowest BCUT2D eigenvalue weighted by molar-refractivity contribution is 0.101. The van der Waals surface area contributed by atoms with Gasteiger partial charge in [-0.2, -0.15) is 0 Å². The summed E-state index contributed by atoms with van der Waals surface area (Å²) in [5.74, 6) is 0.722. The van der Waals surface area contributed by atoms with Gasteiger partial charge in [0.1, 0.15) is 5.75 Å². The summed E-state index contributed by atoms with van der Waals surface area (Å²) in [6, 6.07) is 27.4. The Morgan fingerprint density at radius 3 is 1.72 bits per heavy atom.